The van der Waals surface area contributed by atoms with Crippen LogP contribution in [0.2, 0.25) is 0 Å². The number of hydrogen-bond donors (Lipinski definition) is 2. The van der Waals surface area contributed by atoms with Gasteiger partial charge < -0.3 is 20.3 Å². The Balaban J connectivity index is 1.57. The van der Waals surface area contributed by atoms with Crippen LogP contribution in [0.25, 0.3) is 0 Å². The van der Waals surface area contributed by atoms with Crippen LogP contribution in [-0.4, -0.2) is 48.6 Å². The molecule has 2 aromatic rings. The average molecular weight is 423 g/mol. The van der Waals surface area contributed by atoms with Gasteiger partial charge in [0.05, 0.1) is 18.8 Å². The van der Waals surface area contributed by atoms with Gasteiger partial charge in [0, 0.05) is 31.7 Å². The Morgan fingerprint density at radius 3 is 2.42 bits per heavy atom. The maximum absolute atomic E-state index is 12.8. The Morgan fingerprint density at radius 1 is 1.06 bits per heavy atom. The van der Waals surface area contributed by atoms with E-state index in [1.54, 1.807) is 0 Å². The van der Waals surface area contributed by atoms with Crippen molar-refractivity contribution < 1.29 is 9.53 Å². The lowest BCUT2D eigenvalue weighted by atomic mass is 10.1. The molecule has 166 valence electrons. The van der Waals surface area contributed by atoms with Crippen molar-refractivity contribution in [2.45, 2.75) is 53.0 Å². The van der Waals surface area contributed by atoms with Gasteiger partial charge in [-0.2, -0.15) is 0 Å². The van der Waals surface area contributed by atoms with Crippen LogP contribution in [0.5, 0.6) is 0 Å². The predicted molar refractivity (Wildman–Crippen MR) is 125 cm³/mol. The minimum atomic E-state index is 0.0644. The van der Waals surface area contributed by atoms with Gasteiger partial charge in [0.25, 0.3) is 5.91 Å². The average Bonchev–Trinajstić information content (AvgIpc) is 2.75. The van der Waals surface area contributed by atoms with Crippen molar-refractivity contribution in [1.82, 2.24) is 15.5 Å². The van der Waals surface area contributed by atoms with Crippen molar-refractivity contribution in [2.24, 2.45) is 4.99 Å². The molecule has 6 heteroatoms. The molecule has 1 heterocycles. The molecule has 0 spiro atoms. The normalized spacial score (nSPS) is 19.2. The molecule has 0 saturated carbocycles. The number of morpholine rings is 1. The number of benzene rings is 2. The number of nitrogens with one attached hydrogen (secondary N) is 2. The topological polar surface area (TPSA) is 66.0 Å². The van der Waals surface area contributed by atoms with Crippen molar-refractivity contribution in [3.8, 4) is 0 Å². The first-order valence-electron chi connectivity index (χ1n) is 11.1. The van der Waals surface area contributed by atoms with Gasteiger partial charge in [-0.25, -0.2) is 4.99 Å². The summed E-state index contributed by atoms with van der Waals surface area (Å²) >= 11 is 0. The van der Waals surface area contributed by atoms with Crippen LogP contribution in [0.4, 0.5) is 0 Å². The molecule has 0 radical (unpaired) electrons. The van der Waals surface area contributed by atoms with Gasteiger partial charge in [0.2, 0.25) is 0 Å². The Bertz CT molecular complexity index is 885. The fraction of sp³-hybridized carbons (Fsp3) is 0.440. The number of hydrogen-bond acceptors (Lipinski definition) is 3. The third kappa shape index (κ3) is 6.82. The summed E-state index contributed by atoms with van der Waals surface area (Å²) in [6.07, 6.45) is 0.138. The van der Waals surface area contributed by atoms with Crippen LogP contribution in [0.3, 0.4) is 0 Å². The first-order valence-corrected chi connectivity index (χ1v) is 11.1. The summed E-state index contributed by atoms with van der Waals surface area (Å²) in [6, 6.07) is 16.2. The van der Waals surface area contributed by atoms with E-state index in [0.29, 0.717) is 31.7 Å². The van der Waals surface area contributed by atoms with Gasteiger partial charge in [-0.05, 0) is 51.0 Å². The highest BCUT2D eigenvalue weighted by Crippen LogP contribution is 2.15. The van der Waals surface area contributed by atoms with E-state index < -0.39 is 0 Å². The molecule has 2 aromatic carbocycles. The highest BCUT2D eigenvalue weighted by atomic mass is 16.5. The van der Waals surface area contributed by atoms with Gasteiger partial charge in [-0.3, -0.25) is 4.79 Å². The summed E-state index contributed by atoms with van der Waals surface area (Å²) in [4.78, 5) is 19.4. The SMILES string of the molecule is CCNC(=NCc1cccc(C)c1)NCc1ccc(C(=O)N2CC(C)OC(C)C2)cc1. The standard InChI is InChI=1S/C25H34N4O2/c1-5-26-25(28-15-22-8-6-7-18(2)13-22)27-14-21-9-11-23(12-10-21)24(30)29-16-19(3)31-20(4)17-29/h6-13,19-20H,5,14-17H2,1-4H3,(H2,26,27,28). The molecule has 2 N–H and O–H groups in total. The van der Waals surface area contributed by atoms with E-state index >= 15 is 0 Å². The maximum atomic E-state index is 12.8. The molecule has 1 aliphatic rings. The van der Waals surface area contributed by atoms with Crippen molar-refractivity contribution in [3.63, 3.8) is 0 Å². The Labute approximate surface area is 185 Å². The van der Waals surface area contributed by atoms with E-state index in [2.05, 4.69) is 53.7 Å². The molecule has 3 rings (SSSR count). The summed E-state index contributed by atoms with van der Waals surface area (Å²) in [7, 11) is 0. The summed E-state index contributed by atoms with van der Waals surface area (Å²) in [5, 5.41) is 6.66. The molecule has 1 aliphatic heterocycles. The minimum absolute atomic E-state index is 0.0644. The van der Waals surface area contributed by atoms with E-state index in [0.717, 1.165) is 18.1 Å². The van der Waals surface area contributed by atoms with Crippen LogP contribution in [0.15, 0.2) is 53.5 Å². The third-order valence-corrected chi connectivity index (χ3v) is 5.21. The summed E-state index contributed by atoms with van der Waals surface area (Å²) < 4.78 is 5.73. The second kappa shape index (κ2) is 11.0. The van der Waals surface area contributed by atoms with Gasteiger partial charge in [-0.15, -0.1) is 0 Å². The number of guanidine groups is 1. The van der Waals surface area contributed by atoms with E-state index in [1.165, 1.54) is 11.1 Å². The molecule has 0 bridgehead atoms. The van der Waals surface area contributed by atoms with E-state index in [4.69, 9.17) is 4.74 Å². The molecule has 6 nitrogen and oxygen atoms in total. The number of aliphatic imine (C=N–C) groups is 1. The zero-order chi connectivity index (χ0) is 22.2. The molecular formula is C25H34N4O2. The molecule has 0 aromatic heterocycles. The first kappa shape index (κ1) is 22.8. The molecule has 2 atom stereocenters. The second-order valence-electron chi connectivity index (χ2n) is 8.20. The van der Waals surface area contributed by atoms with Crippen molar-refractivity contribution >= 4 is 11.9 Å². The molecule has 2 unspecified atom stereocenters. The number of carbonyl (C=O) groups is 1. The van der Waals surface area contributed by atoms with Gasteiger partial charge in [0.15, 0.2) is 5.96 Å². The van der Waals surface area contributed by atoms with E-state index in [-0.39, 0.29) is 18.1 Å². The fourth-order valence-corrected chi connectivity index (χ4v) is 3.80. The van der Waals surface area contributed by atoms with E-state index in [9.17, 15) is 4.79 Å². The first-order chi connectivity index (χ1) is 14.9. The lowest BCUT2D eigenvalue weighted by Gasteiger charge is -2.35. The van der Waals surface area contributed by atoms with E-state index in [1.807, 2.05) is 43.0 Å². The molecule has 31 heavy (non-hydrogen) atoms. The van der Waals surface area contributed by atoms with Crippen molar-refractivity contribution in [2.75, 3.05) is 19.6 Å². The van der Waals surface area contributed by atoms with Crippen LogP contribution in [-0.2, 0) is 17.8 Å². The van der Waals surface area contributed by atoms with Crippen molar-refractivity contribution in [3.05, 3.63) is 70.8 Å². The molecular weight excluding hydrogens is 388 g/mol. The third-order valence-electron chi connectivity index (χ3n) is 5.21. The predicted octanol–water partition coefficient (Wildman–Crippen LogP) is 3.50. The van der Waals surface area contributed by atoms with Crippen LogP contribution in [0, 0.1) is 6.92 Å². The molecule has 1 amide bonds. The number of aryl methyl sites for hydroxylation is 1. The quantitative estimate of drug-likeness (QED) is 0.552. The summed E-state index contributed by atoms with van der Waals surface area (Å²) in [5.74, 6) is 0.843. The van der Waals surface area contributed by atoms with Crippen LogP contribution >= 0.6 is 0 Å². The second-order valence-corrected chi connectivity index (χ2v) is 8.20. The summed E-state index contributed by atoms with van der Waals surface area (Å²) in [6.45, 7) is 11.5. The van der Waals surface area contributed by atoms with Crippen LogP contribution < -0.4 is 10.6 Å². The number of nitrogens with zero attached hydrogens (tertiary/aromatic N) is 2. The van der Waals surface area contributed by atoms with Crippen LogP contribution in [0.1, 0.15) is 47.8 Å². The van der Waals surface area contributed by atoms with Gasteiger partial charge >= 0.3 is 0 Å². The largest absolute Gasteiger partial charge is 0.372 e. The highest BCUT2D eigenvalue weighted by Gasteiger charge is 2.26. The zero-order valence-corrected chi connectivity index (χ0v) is 19.0. The number of amides is 1. The number of ether oxygens (including phenoxy) is 1. The zero-order valence-electron chi connectivity index (χ0n) is 19.0. The smallest absolute Gasteiger partial charge is 0.254 e. The minimum Gasteiger partial charge on any atom is -0.372 e. The van der Waals surface area contributed by atoms with Crippen molar-refractivity contribution in [1.29, 1.82) is 0 Å². The summed E-state index contributed by atoms with van der Waals surface area (Å²) in [5.41, 5.74) is 4.24. The van der Waals surface area contributed by atoms with Gasteiger partial charge in [-0.1, -0.05) is 42.0 Å². The Morgan fingerprint density at radius 2 is 1.77 bits per heavy atom. The molecule has 0 aliphatic carbocycles. The number of rotatable bonds is 6. The fourth-order valence-electron chi connectivity index (χ4n) is 3.80. The number of carbonyl (C=O) groups excluding carboxylic acids is 1. The Kier molecular flexibility index (Phi) is 8.06. The van der Waals surface area contributed by atoms with Gasteiger partial charge in [0.1, 0.15) is 0 Å². The maximum Gasteiger partial charge on any atom is 0.254 e. The lowest BCUT2D eigenvalue weighted by Crippen LogP contribution is -2.48. The monoisotopic (exact) mass is 422 g/mol. The molecule has 1 fully saturated rings. The highest BCUT2D eigenvalue weighted by molar-refractivity contribution is 5.94. The lowest BCUT2D eigenvalue weighted by molar-refractivity contribution is -0.0586. The Hall–Kier alpha value is -2.86. The molecule has 1 saturated heterocycles.